The molecule has 1 aromatic carbocycles. The minimum absolute atomic E-state index is 0.0113. The Balaban J connectivity index is 2.22. The van der Waals surface area contributed by atoms with Crippen molar-refractivity contribution in [3.63, 3.8) is 0 Å². The third-order valence-electron chi connectivity index (χ3n) is 4.88. The number of nitrogens with one attached hydrogen (secondary N) is 2. The van der Waals surface area contributed by atoms with Gasteiger partial charge >= 0.3 is 0 Å². The van der Waals surface area contributed by atoms with Gasteiger partial charge in [-0.3, -0.25) is 0 Å². The fraction of sp³-hybridized carbons (Fsp3) is 0.600. The lowest BCUT2D eigenvalue weighted by molar-refractivity contribution is 0.457. The molecule has 1 fully saturated rings. The van der Waals surface area contributed by atoms with Crippen molar-refractivity contribution in [3.05, 3.63) is 29.8 Å². The quantitative estimate of drug-likeness (QED) is 0.875. The van der Waals surface area contributed by atoms with E-state index in [0.29, 0.717) is 11.4 Å². The molecule has 0 atom stereocenters. The standard InChI is InChI=1S/C15H24N2O2S/c1-14(2)13(15(14,3)4)17-20(18,19)12-8-6-7-11(9-12)10-16-5/h6-9,13,16-17H,10H2,1-5H3. The summed E-state index contributed by atoms with van der Waals surface area (Å²) >= 11 is 0. The maximum atomic E-state index is 12.5. The largest absolute Gasteiger partial charge is 0.316 e. The van der Waals surface area contributed by atoms with E-state index in [0.717, 1.165) is 5.56 Å². The van der Waals surface area contributed by atoms with E-state index < -0.39 is 10.0 Å². The Morgan fingerprint density at radius 2 is 1.75 bits per heavy atom. The first-order valence-corrected chi connectivity index (χ1v) is 8.37. The first kappa shape index (κ1) is 15.5. The first-order chi connectivity index (χ1) is 9.13. The summed E-state index contributed by atoms with van der Waals surface area (Å²) < 4.78 is 27.8. The van der Waals surface area contributed by atoms with Gasteiger partial charge in [-0.25, -0.2) is 13.1 Å². The Hall–Kier alpha value is -0.910. The van der Waals surface area contributed by atoms with Crippen LogP contribution in [0.25, 0.3) is 0 Å². The molecule has 1 saturated carbocycles. The molecular weight excluding hydrogens is 272 g/mol. The van der Waals surface area contributed by atoms with Gasteiger partial charge in [0.05, 0.1) is 4.90 Å². The van der Waals surface area contributed by atoms with Crippen LogP contribution in [0.4, 0.5) is 0 Å². The van der Waals surface area contributed by atoms with Gasteiger partial charge in [0.15, 0.2) is 0 Å². The van der Waals surface area contributed by atoms with Crippen molar-refractivity contribution in [2.45, 2.75) is 45.2 Å². The van der Waals surface area contributed by atoms with E-state index in [1.807, 2.05) is 13.1 Å². The van der Waals surface area contributed by atoms with Crippen LogP contribution >= 0.6 is 0 Å². The Kier molecular flexibility index (Phi) is 3.73. The van der Waals surface area contributed by atoms with Gasteiger partial charge in [0.1, 0.15) is 0 Å². The molecule has 0 spiro atoms. The predicted octanol–water partition coefficient (Wildman–Crippen LogP) is 2.12. The van der Waals surface area contributed by atoms with E-state index in [9.17, 15) is 8.42 Å². The Labute approximate surface area is 122 Å². The normalized spacial score (nSPS) is 20.9. The van der Waals surface area contributed by atoms with Gasteiger partial charge in [-0.2, -0.15) is 0 Å². The number of hydrogen-bond acceptors (Lipinski definition) is 3. The van der Waals surface area contributed by atoms with Gasteiger partial charge < -0.3 is 5.32 Å². The zero-order valence-corrected chi connectivity index (χ0v) is 13.6. The molecule has 0 radical (unpaired) electrons. The fourth-order valence-electron chi connectivity index (χ4n) is 2.74. The first-order valence-electron chi connectivity index (χ1n) is 6.89. The molecule has 1 aliphatic rings. The second-order valence-electron chi connectivity index (χ2n) is 6.68. The van der Waals surface area contributed by atoms with Crippen LogP contribution in [-0.2, 0) is 16.6 Å². The molecule has 2 rings (SSSR count). The summed E-state index contributed by atoms with van der Waals surface area (Å²) in [6, 6.07) is 7.05. The Bertz CT molecular complexity index is 592. The summed E-state index contributed by atoms with van der Waals surface area (Å²) in [7, 11) is -1.62. The maximum Gasteiger partial charge on any atom is 0.240 e. The van der Waals surface area contributed by atoms with Crippen LogP contribution in [0, 0.1) is 10.8 Å². The number of benzene rings is 1. The average molecular weight is 296 g/mol. The lowest BCUT2D eigenvalue weighted by Crippen LogP contribution is -2.30. The molecule has 0 heterocycles. The zero-order chi connectivity index (χ0) is 15.2. The molecule has 0 aromatic heterocycles. The van der Waals surface area contributed by atoms with Gasteiger partial charge in [0.25, 0.3) is 0 Å². The van der Waals surface area contributed by atoms with Crippen LogP contribution in [-0.4, -0.2) is 21.5 Å². The van der Waals surface area contributed by atoms with Gasteiger partial charge in [-0.05, 0) is 35.6 Å². The molecule has 1 aliphatic carbocycles. The van der Waals surface area contributed by atoms with Gasteiger partial charge in [-0.1, -0.05) is 39.8 Å². The van der Waals surface area contributed by atoms with Gasteiger partial charge in [0.2, 0.25) is 10.0 Å². The third kappa shape index (κ3) is 2.50. The highest BCUT2D eigenvalue weighted by Gasteiger charge is 2.65. The van der Waals surface area contributed by atoms with Crippen molar-refractivity contribution in [1.82, 2.24) is 10.0 Å². The molecule has 4 nitrogen and oxygen atoms in total. The number of rotatable bonds is 5. The lowest BCUT2D eigenvalue weighted by Gasteiger charge is -2.09. The summed E-state index contributed by atoms with van der Waals surface area (Å²) in [5.74, 6) is 0. The highest BCUT2D eigenvalue weighted by molar-refractivity contribution is 7.89. The van der Waals surface area contributed by atoms with Crippen molar-refractivity contribution >= 4 is 10.0 Å². The fourth-order valence-corrected chi connectivity index (χ4v) is 4.34. The minimum atomic E-state index is -3.46. The van der Waals surface area contributed by atoms with Crippen LogP contribution in [0.15, 0.2) is 29.2 Å². The minimum Gasteiger partial charge on any atom is -0.316 e. The summed E-state index contributed by atoms with van der Waals surface area (Å²) in [6.45, 7) is 9.04. The van der Waals surface area contributed by atoms with Crippen LogP contribution in [0.5, 0.6) is 0 Å². The Morgan fingerprint density at radius 3 is 2.25 bits per heavy atom. The molecule has 0 bridgehead atoms. The maximum absolute atomic E-state index is 12.5. The summed E-state index contributed by atoms with van der Waals surface area (Å²) in [5, 5.41) is 3.03. The van der Waals surface area contributed by atoms with Crippen molar-refractivity contribution in [2.75, 3.05) is 7.05 Å². The van der Waals surface area contributed by atoms with Crippen LogP contribution in [0.3, 0.4) is 0 Å². The summed E-state index contributed by atoms with van der Waals surface area (Å²) in [4.78, 5) is 0.337. The lowest BCUT2D eigenvalue weighted by atomic mass is 10.0. The zero-order valence-electron chi connectivity index (χ0n) is 12.8. The van der Waals surface area contributed by atoms with E-state index in [1.54, 1.807) is 18.2 Å². The third-order valence-corrected chi connectivity index (χ3v) is 6.30. The Morgan fingerprint density at radius 1 is 1.15 bits per heavy atom. The molecule has 0 unspecified atom stereocenters. The molecule has 1 aromatic rings. The second-order valence-corrected chi connectivity index (χ2v) is 8.39. The molecular formula is C15H24N2O2S. The summed E-state index contributed by atoms with van der Waals surface area (Å²) in [6.07, 6.45) is 0. The predicted molar refractivity (Wildman–Crippen MR) is 80.9 cm³/mol. The monoisotopic (exact) mass is 296 g/mol. The molecule has 5 heteroatoms. The van der Waals surface area contributed by atoms with E-state index in [2.05, 4.69) is 37.7 Å². The number of hydrogen-bond donors (Lipinski definition) is 2. The molecule has 0 aliphatic heterocycles. The molecule has 0 amide bonds. The van der Waals surface area contributed by atoms with E-state index in [4.69, 9.17) is 0 Å². The SMILES string of the molecule is CNCc1cccc(S(=O)(=O)NC2C(C)(C)C2(C)C)c1. The molecule has 2 N–H and O–H groups in total. The van der Waals surface area contributed by atoms with Crippen LogP contribution in [0.2, 0.25) is 0 Å². The van der Waals surface area contributed by atoms with Crippen LogP contribution < -0.4 is 10.0 Å². The van der Waals surface area contributed by atoms with Crippen molar-refractivity contribution in [3.8, 4) is 0 Å². The van der Waals surface area contributed by atoms with Gasteiger partial charge in [-0.15, -0.1) is 0 Å². The van der Waals surface area contributed by atoms with Crippen molar-refractivity contribution in [1.29, 1.82) is 0 Å². The van der Waals surface area contributed by atoms with Crippen molar-refractivity contribution < 1.29 is 8.42 Å². The van der Waals surface area contributed by atoms with E-state index in [-0.39, 0.29) is 16.9 Å². The second kappa shape index (κ2) is 4.83. The average Bonchev–Trinajstić information content (AvgIpc) is 2.72. The van der Waals surface area contributed by atoms with Crippen molar-refractivity contribution in [2.24, 2.45) is 10.8 Å². The molecule has 0 saturated heterocycles. The highest BCUT2D eigenvalue weighted by Crippen LogP contribution is 2.62. The summed E-state index contributed by atoms with van der Waals surface area (Å²) in [5.41, 5.74) is 0.940. The van der Waals surface area contributed by atoms with E-state index >= 15 is 0 Å². The number of sulfonamides is 1. The van der Waals surface area contributed by atoms with E-state index in [1.165, 1.54) is 0 Å². The topological polar surface area (TPSA) is 58.2 Å². The molecule has 112 valence electrons. The van der Waals surface area contributed by atoms with Gasteiger partial charge in [0, 0.05) is 12.6 Å². The highest BCUT2D eigenvalue weighted by atomic mass is 32.2. The van der Waals surface area contributed by atoms with Crippen LogP contribution in [0.1, 0.15) is 33.3 Å². The molecule has 20 heavy (non-hydrogen) atoms. The smallest absolute Gasteiger partial charge is 0.240 e.